The van der Waals surface area contributed by atoms with Gasteiger partial charge in [-0.15, -0.1) is 0 Å². The summed E-state index contributed by atoms with van der Waals surface area (Å²) >= 11 is 3.43. The van der Waals surface area contributed by atoms with Crippen LogP contribution in [0.5, 0.6) is 0 Å². The molecule has 0 spiro atoms. The van der Waals surface area contributed by atoms with E-state index in [2.05, 4.69) is 15.9 Å². The van der Waals surface area contributed by atoms with Crippen molar-refractivity contribution in [2.24, 2.45) is 0 Å². The zero-order chi connectivity index (χ0) is 14.7. The molecular weight excluding hydrogens is 321 g/mol. The highest BCUT2D eigenvalue weighted by molar-refractivity contribution is 9.10. The third-order valence-electron chi connectivity index (χ3n) is 3.06. The van der Waals surface area contributed by atoms with Crippen LogP contribution in [0.1, 0.15) is 22.8 Å². The van der Waals surface area contributed by atoms with Crippen LogP contribution in [0.4, 0.5) is 10.1 Å². The van der Waals surface area contributed by atoms with Crippen LogP contribution in [0.3, 0.4) is 0 Å². The first-order valence-electron chi connectivity index (χ1n) is 6.23. The molecule has 0 atom stereocenters. The van der Waals surface area contributed by atoms with Gasteiger partial charge in [0, 0.05) is 29.3 Å². The molecule has 2 rings (SSSR count). The van der Waals surface area contributed by atoms with Gasteiger partial charge in [-0.3, -0.25) is 4.79 Å². The zero-order valence-electron chi connectivity index (χ0n) is 11.4. The van der Waals surface area contributed by atoms with E-state index in [1.54, 1.807) is 6.07 Å². The van der Waals surface area contributed by atoms with E-state index in [1.807, 2.05) is 36.2 Å². The van der Waals surface area contributed by atoms with E-state index in [0.29, 0.717) is 12.1 Å². The predicted molar refractivity (Wildman–Crippen MR) is 82.7 cm³/mol. The molecule has 0 heterocycles. The Kier molecular flexibility index (Phi) is 4.55. The lowest BCUT2D eigenvalue weighted by molar-refractivity contribution is 0.101. The second kappa shape index (κ2) is 6.18. The van der Waals surface area contributed by atoms with E-state index in [1.165, 1.54) is 19.1 Å². The maximum atomic E-state index is 13.3. The van der Waals surface area contributed by atoms with Crippen LogP contribution >= 0.6 is 15.9 Å². The Morgan fingerprint density at radius 3 is 2.65 bits per heavy atom. The summed E-state index contributed by atoms with van der Waals surface area (Å²) in [6.07, 6.45) is 0. The van der Waals surface area contributed by atoms with Crippen LogP contribution in [-0.2, 0) is 6.54 Å². The van der Waals surface area contributed by atoms with Gasteiger partial charge in [0.25, 0.3) is 0 Å². The van der Waals surface area contributed by atoms with Gasteiger partial charge in [-0.25, -0.2) is 4.39 Å². The van der Waals surface area contributed by atoms with Crippen molar-refractivity contribution in [1.82, 2.24) is 0 Å². The van der Waals surface area contributed by atoms with Gasteiger partial charge in [-0.05, 0) is 42.8 Å². The summed E-state index contributed by atoms with van der Waals surface area (Å²) in [7, 11) is 1.89. The molecule has 0 bridgehead atoms. The first-order valence-corrected chi connectivity index (χ1v) is 7.03. The van der Waals surface area contributed by atoms with E-state index < -0.39 is 5.82 Å². The quantitative estimate of drug-likeness (QED) is 0.770. The number of carbonyl (C=O) groups excluding carboxylic acids is 1. The minimum Gasteiger partial charge on any atom is -0.370 e. The van der Waals surface area contributed by atoms with Crippen LogP contribution in [0.15, 0.2) is 46.9 Å². The molecule has 0 unspecified atom stereocenters. The van der Waals surface area contributed by atoms with Gasteiger partial charge in [-0.1, -0.05) is 28.1 Å². The summed E-state index contributed by atoms with van der Waals surface area (Å²) in [5, 5.41) is 0. The maximum absolute atomic E-state index is 13.3. The highest BCUT2D eigenvalue weighted by Gasteiger charge is 2.12. The third-order valence-corrected chi connectivity index (χ3v) is 3.55. The topological polar surface area (TPSA) is 20.3 Å². The summed E-state index contributed by atoms with van der Waals surface area (Å²) in [4.78, 5) is 13.6. The van der Waals surface area contributed by atoms with Gasteiger partial charge in [0.2, 0.25) is 0 Å². The number of anilines is 1. The van der Waals surface area contributed by atoms with E-state index >= 15 is 0 Å². The SMILES string of the molecule is CC(=O)c1cc(F)ccc1N(C)Cc1cccc(Br)c1. The number of benzene rings is 2. The fourth-order valence-electron chi connectivity index (χ4n) is 2.12. The first kappa shape index (κ1) is 14.7. The number of Topliss-reactive ketones (excluding diaryl/α,β-unsaturated/α-hetero) is 1. The van der Waals surface area contributed by atoms with Gasteiger partial charge in [-0.2, -0.15) is 0 Å². The van der Waals surface area contributed by atoms with Gasteiger partial charge in [0.1, 0.15) is 5.82 Å². The fraction of sp³-hybridized carbons (Fsp3) is 0.188. The molecule has 2 aromatic carbocycles. The van der Waals surface area contributed by atoms with E-state index in [0.717, 1.165) is 15.7 Å². The fourth-order valence-corrected chi connectivity index (χ4v) is 2.56. The first-order chi connectivity index (χ1) is 9.47. The molecule has 4 heteroatoms. The smallest absolute Gasteiger partial charge is 0.161 e. The van der Waals surface area contributed by atoms with Gasteiger partial charge < -0.3 is 4.90 Å². The number of ketones is 1. The van der Waals surface area contributed by atoms with Crippen molar-refractivity contribution in [1.29, 1.82) is 0 Å². The van der Waals surface area contributed by atoms with Crippen LogP contribution in [0.2, 0.25) is 0 Å². The summed E-state index contributed by atoms with van der Waals surface area (Å²) in [5.74, 6) is -0.532. The van der Waals surface area contributed by atoms with E-state index in [9.17, 15) is 9.18 Å². The highest BCUT2D eigenvalue weighted by Crippen LogP contribution is 2.23. The van der Waals surface area contributed by atoms with Crippen molar-refractivity contribution in [3.63, 3.8) is 0 Å². The number of hydrogen-bond donors (Lipinski definition) is 0. The largest absolute Gasteiger partial charge is 0.370 e. The van der Waals surface area contributed by atoms with Crippen molar-refractivity contribution >= 4 is 27.4 Å². The van der Waals surface area contributed by atoms with Crippen LogP contribution in [0.25, 0.3) is 0 Å². The Balaban J connectivity index is 2.29. The highest BCUT2D eigenvalue weighted by atomic mass is 79.9. The van der Waals surface area contributed by atoms with Crippen molar-refractivity contribution in [2.75, 3.05) is 11.9 Å². The summed E-state index contributed by atoms with van der Waals surface area (Å²) < 4.78 is 14.3. The average Bonchev–Trinajstić information content (AvgIpc) is 2.38. The lowest BCUT2D eigenvalue weighted by atomic mass is 10.1. The lowest BCUT2D eigenvalue weighted by Gasteiger charge is -2.22. The number of hydrogen-bond acceptors (Lipinski definition) is 2. The van der Waals surface area contributed by atoms with Crippen LogP contribution in [0, 0.1) is 5.82 Å². The number of nitrogens with zero attached hydrogens (tertiary/aromatic N) is 1. The molecule has 0 aromatic heterocycles. The minimum absolute atomic E-state index is 0.138. The van der Waals surface area contributed by atoms with Crippen LogP contribution < -0.4 is 4.90 Å². The van der Waals surface area contributed by atoms with Gasteiger partial charge in [0.15, 0.2) is 5.78 Å². The Morgan fingerprint density at radius 1 is 1.25 bits per heavy atom. The normalized spacial score (nSPS) is 10.4. The van der Waals surface area contributed by atoms with Crippen molar-refractivity contribution < 1.29 is 9.18 Å². The molecule has 2 nitrogen and oxygen atoms in total. The standard InChI is InChI=1S/C16H15BrFNO/c1-11(20)15-9-14(18)6-7-16(15)19(2)10-12-4-3-5-13(17)8-12/h3-9H,10H2,1-2H3. The maximum Gasteiger partial charge on any atom is 0.161 e. The van der Waals surface area contributed by atoms with E-state index in [4.69, 9.17) is 0 Å². The Labute approximate surface area is 126 Å². The Morgan fingerprint density at radius 2 is 2.00 bits per heavy atom. The second-order valence-electron chi connectivity index (χ2n) is 4.70. The number of halogens is 2. The van der Waals surface area contributed by atoms with E-state index in [-0.39, 0.29) is 5.78 Å². The average molecular weight is 336 g/mol. The summed E-state index contributed by atoms with van der Waals surface area (Å²) in [6, 6.07) is 12.3. The predicted octanol–water partition coefficient (Wildman–Crippen LogP) is 4.43. The molecule has 0 aliphatic rings. The molecule has 0 fully saturated rings. The van der Waals surface area contributed by atoms with Crippen molar-refractivity contribution in [3.05, 3.63) is 63.9 Å². The molecule has 0 radical (unpaired) electrons. The molecule has 2 aromatic rings. The molecule has 0 saturated heterocycles. The van der Waals surface area contributed by atoms with Crippen molar-refractivity contribution in [2.45, 2.75) is 13.5 Å². The molecule has 20 heavy (non-hydrogen) atoms. The number of carbonyl (C=O) groups is 1. The third kappa shape index (κ3) is 3.45. The molecule has 0 saturated carbocycles. The zero-order valence-corrected chi connectivity index (χ0v) is 12.9. The molecule has 0 aliphatic heterocycles. The molecule has 0 N–H and O–H groups in total. The monoisotopic (exact) mass is 335 g/mol. The molecular formula is C16H15BrFNO. The van der Waals surface area contributed by atoms with Gasteiger partial charge in [0.05, 0.1) is 0 Å². The molecule has 104 valence electrons. The minimum atomic E-state index is -0.394. The summed E-state index contributed by atoms with van der Waals surface area (Å²) in [5.41, 5.74) is 2.25. The molecule has 0 amide bonds. The second-order valence-corrected chi connectivity index (χ2v) is 5.62. The Bertz CT molecular complexity index is 642. The summed E-state index contributed by atoms with van der Waals surface area (Å²) in [6.45, 7) is 2.09. The van der Waals surface area contributed by atoms with Crippen molar-refractivity contribution in [3.8, 4) is 0 Å². The van der Waals surface area contributed by atoms with Crippen LogP contribution in [-0.4, -0.2) is 12.8 Å². The molecule has 0 aliphatic carbocycles. The lowest BCUT2D eigenvalue weighted by Crippen LogP contribution is -2.19. The van der Waals surface area contributed by atoms with Gasteiger partial charge >= 0.3 is 0 Å². The Hall–Kier alpha value is -1.68. The number of rotatable bonds is 4.